The predicted molar refractivity (Wildman–Crippen MR) is 116 cm³/mol. The van der Waals surface area contributed by atoms with Crippen molar-refractivity contribution in [3.8, 4) is 11.5 Å². The predicted octanol–water partition coefficient (Wildman–Crippen LogP) is 4.35. The second kappa shape index (κ2) is 10.6. The number of benzene rings is 2. The Labute approximate surface area is 184 Å². The molecular formula is C20H23F3IN3O2. The molecule has 0 aromatic heterocycles. The highest BCUT2D eigenvalue weighted by Gasteiger charge is 2.30. The number of hydrogen-bond acceptors (Lipinski definition) is 3. The monoisotopic (exact) mass is 521 g/mol. The van der Waals surface area contributed by atoms with Crippen LogP contribution in [0.1, 0.15) is 23.1 Å². The molecule has 0 atom stereocenters. The number of fused-ring (bicyclic) bond motifs is 1. The Morgan fingerprint density at radius 1 is 0.966 bits per heavy atom. The summed E-state index contributed by atoms with van der Waals surface area (Å²) in [6.45, 7) is 1.96. The van der Waals surface area contributed by atoms with Gasteiger partial charge in [-0.3, -0.25) is 4.99 Å². The lowest BCUT2D eigenvalue weighted by atomic mass is 10.1. The van der Waals surface area contributed by atoms with E-state index in [0.717, 1.165) is 29.9 Å². The van der Waals surface area contributed by atoms with Crippen LogP contribution in [0.4, 0.5) is 13.2 Å². The van der Waals surface area contributed by atoms with Gasteiger partial charge in [0.05, 0.1) is 18.8 Å². The molecule has 0 saturated heterocycles. The van der Waals surface area contributed by atoms with Gasteiger partial charge >= 0.3 is 6.18 Å². The number of nitrogens with zero attached hydrogens (tertiary/aromatic N) is 1. The van der Waals surface area contributed by atoms with Gasteiger partial charge in [-0.25, -0.2) is 0 Å². The van der Waals surface area contributed by atoms with Crippen LogP contribution in [0.5, 0.6) is 11.5 Å². The molecule has 158 valence electrons. The summed E-state index contributed by atoms with van der Waals surface area (Å²) in [7, 11) is 1.61. The average Bonchev–Trinajstić information content (AvgIpc) is 2.92. The molecule has 0 unspecified atom stereocenters. The molecular weight excluding hydrogens is 498 g/mol. The zero-order valence-corrected chi connectivity index (χ0v) is 18.2. The van der Waals surface area contributed by atoms with E-state index >= 15 is 0 Å². The maximum Gasteiger partial charge on any atom is 0.416 e. The SMILES string of the molecule is CN=C(NCc1cccc(C(F)(F)F)c1)NCc1ccc2c(c1)OCCCO2.I. The third kappa shape index (κ3) is 6.69. The largest absolute Gasteiger partial charge is 0.490 e. The highest BCUT2D eigenvalue weighted by molar-refractivity contribution is 14.0. The highest BCUT2D eigenvalue weighted by Crippen LogP contribution is 2.30. The Morgan fingerprint density at radius 3 is 2.28 bits per heavy atom. The van der Waals surface area contributed by atoms with E-state index in [9.17, 15) is 13.2 Å². The molecule has 1 heterocycles. The summed E-state index contributed by atoms with van der Waals surface area (Å²) in [6.07, 6.45) is -3.51. The van der Waals surface area contributed by atoms with Gasteiger partial charge in [-0.05, 0) is 35.4 Å². The van der Waals surface area contributed by atoms with E-state index < -0.39 is 11.7 Å². The van der Waals surface area contributed by atoms with Gasteiger partial charge in [-0.2, -0.15) is 13.2 Å². The van der Waals surface area contributed by atoms with Crippen LogP contribution in [-0.4, -0.2) is 26.2 Å². The number of aliphatic imine (C=N–C) groups is 1. The molecule has 0 spiro atoms. The van der Waals surface area contributed by atoms with E-state index in [1.54, 1.807) is 13.1 Å². The number of guanidine groups is 1. The van der Waals surface area contributed by atoms with E-state index in [1.807, 2.05) is 18.2 Å². The van der Waals surface area contributed by atoms with Gasteiger partial charge in [0.25, 0.3) is 0 Å². The molecule has 2 aromatic rings. The number of hydrogen-bond donors (Lipinski definition) is 2. The van der Waals surface area contributed by atoms with Crippen molar-refractivity contribution in [1.29, 1.82) is 0 Å². The van der Waals surface area contributed by atoms with Crippen molar-refractivity contribution in [3.05, 3.63) is 59.2 Å². The van der Waals surface area contributed by atoms with Gasteiger partial charge in [0, 0.05) is 26.6 Å². The topological polar surface area (TPSA) is 54.9 Å². The first-order valence-electron chi connectivity index (χ1n) is 8.95. The number of nitrogens with one attached hydrogen (secondary N) is 2. The summed E-state index contributed by atoms with van der Waals surface area (Å²) in [6, 6.07) is 10.9. The van der Waals surface area contributed by atoms with E-state index in [-0.39, 0.29) is 30.5 Å². The molecule has 3 rings (SSSR count). The first-order chi connectivity index (χ1) is 13.5. The molecule has 2 aromatic carbocycles. The number of ether oxygens (including phenoxy) is 2. The Balaban J connectivity index is 0.00000300. The minimum atomic E-state index is -4.35. The number of rotatable bonds is 4. The summed E-state index contributed by atoms with van der Waals surface area (Å²) in [5.41, 5.74) is 0.835. The molecule has 1 aliphatic rings. The zero-order chi connectivity index (χ0) is 20.0. The average molecular weight is 521 g/mol. The van der Waals surface area contributed by atoms with Crippen LogP contribution in [-0.2, 0) is 19.3 Å². The van der Waals surface area contributed by atoms with Gasteiger partial charge in [-0.1, -0.05) is 18.2 Å². The fourth-order valence-corrected chi connectivity index (χ4v) is 2.77. The second-order valence-corrected chi connectivity index (χ2v) is 6.31. The van der Waals surface area contributed by atoms with Crippen LogP contribution < -0.4 is 20.1 Å². The van der Waals surface area contributed by atoms with Gasteiger partial charge in [0.1, 0.15) is 0 Å². The molecule has 0 bridgehead atoms. The van der Waals surface area contributed by atoms with Crippen LogP contribution >= 0.6 is 24.0 Å². The Hall–Kier alpha value is -2.17. The number of halogens is 4. The van der Waals surface area contributed by atoms with E-state index in [0.29, 0.717) is 37.0 Å². The fraction of sp³-hybridized carbons (Fsp3) is 0.350. The van der Waals surface area contributed by atoms with Crippen molar-refractivity contribution in [2.75, 3.05) is 20.3 Å². The molecule has 1 aliphatic heterocycles. The summed E-state index contributed by atoms with van der Waals surface area (Å²) in [5.74, 6) is 1.93. The van der Waals surface area contributed by atoms with Gasteiger partial charge in [-0.15, -0.1) is 24.0 Å². The Morgan fingerprint density at radius 2 is 1.62 bits per heavy atom. The van der Waals surface area contributed by atoms with Crippen molar-refractivity contribution in [2.45, 2.75) is 25.7 Å². The quantitative estimate of drug-likeness (QED) is 0.357. The molecule has 29 heavy (non-hydrogen) atoms. The van der Waals surface area contributed by atoms with Gasteiger partial charge in [0.2, 0.25) is 0 Å². The minimum Gasteiger partial charge on any atom is -0.490 e. The third-order valence-corrected chi connectivity index (χ3v) is 4.21. The van der Waals surface area contributed by atoms with E-state index in [2.05, 4.69) is 15.6 Å². The molecule has 5 nitrogen and oxygen atoms in total. The zero-order valence-electron chi connectivity index (χ0n) is 15.9. The summed E-state index contributed by atoms with van der Waals surface area (Å²) >= 11 is 0. The summed E-state index contributed by atoms with van der Waals surface area (Å²) in [5, 5.41) is 6.17. The fourth-order valence-electron chi connectivity index (χ4n) is 2.77. The lowest BCUT2D eigenvalue weighted by Gasteiger charge is -2.14. The van der Waals surface area contributed by atoms with Crippen LogP contribution in [0.15, 0.2) is 47.5 Å². The van der Waals surface area contributed by atoms with Crippen molar-refractivity contribution in [2.24, 2.45) is 4.99 Å². The van der Waals surface area contributed by atoms with Crippen molar-refractivity contribution in [3.63, 3.8) is 0 Å². The maximum absolute atomic E-state index is 12.8. The Bertz CT molecular complexity index is 844. The lowest BCUT2D eigenvalue weighted by Crippen LogP contribution is -2.36. The van der Waals surface area contributed by atoms with Gasteiger partial charge < -0.3 is 20.1 Å². The van der Waals surface area contributed by atoms with Crippen molar-refractivity contribution >= 4 is 29.9 Å². The Kier molecular flexibility index (Phi) is 8.42. The molecule has 0 radical (unpaired) electrons. The summed E-state index contributed by atoms with van der Waals surface area (Å²) < 4.78 is 49.7. The lowest BCUT2D eigenvalue weighted by molar-refractivity contribution is -0.137. The number of alkyl halides is 3. The minimum absolute atomic E-state index is 0. The smallest absolute Gasteiger partial charge is 0.416 e. The molecule has 0 saturated carbocycles. The maximum atomic E-state index is 12.8. The van der Waals surface area contributed by atoms with Crippen LogP contribution in [0.2, 0.25) is 0 Å². The van der Waals surface area contributed by atoms with Crippen molar-refractivity contribution in [1.82, 2.24) is 10.6 Å². The van der Waals surface area contributed by atoms with Crippen LogP contribution in [0.3, 0.4) is 0 Å². The van der Waals surface area contributed by atoms with Crippen LogP contribution in [0, 0.1) is 0 Å². The molecule has 9 heteroatoms. The highest BCUT2D eigenvalue weighted by atomic mass is 127. The first-order valence-corrected chi connectivity index (χ1v) is 8.95. The van der Waals surface area contributed by atoms with E-state index in [1.165, 1.54) is 6.07 Å². The van der Waals surface area contributed by atoms with Gasteiger partial charge in [0.15, 0.2) is 17.5 Å². The molecule has 0 fully saturated rings. The molecule has 0 aliphatic carbocycles. The summed E-state index contributed by atoms with van der Waals surface area (Å²) in [4.78, 5) is 4.11. The molecule has 0 amide bonds. The second-order valence-electron chi connectivity index (χ2n) is 6.31. The van der Waals surface area contributed by atoms with Crippen molar-refractivity contribution < 1.29 is 22.6 Å². The third-order valence-electron chi connectivity index (χ3n) is 4.21. The van der Waals surface area contributed by atoms with E-state index in [4.69, 9.17) is 9.47 Å². The first kappa shape index (κ1) is 23.1. The van der Waals surface area contributed by atoms with Crippen LogP contribution in [0.25, 0.3) is 0 Å². The molecule has 2 N–H and O–H groups in total. The normalized spacial score (nSPS) is 13.9. The standard InChI is InChI=1S/C20H22F3N3O2.HI/c1-24-19(25-12-14-4-2-5-16(10-14)20(21,22)23)26-13-15-6-7-17-18(11-15)28-9-3-8-27-17;/h2,4-7,10-11H,3,8-9,12-13H2,1H3,(H2,24,25,26);1H.